The van der Waals surface area contributed by atoms with Gasteiger partial charge in [0.25, 0.3) is 11.5 Å². The first kappa shape index (κ1) is 21.2. The summed E-state index contributed by atoms with van der Waals surface area (Å²) < 4.78 is 29.5. The number of amides is 1. The fourth-order valence-electron chi connectivity index (χ4n) is 4.00. The van der Waals surface area contributed by atoms with Crippen molar-refractivity contribution in [3.05, 3.63) is 63.0 Å². The summed E-state index contributed by atoms with van der Waals surface area (Å²) in [5, 5.41) is 3.12. The molecule has 164 valence electrons. The van der Waals surface area contributed by atoms with Gasteiger partial charge in [0.1, 0.15) is 16.8 Å². The Morgan fingerprint density at radius 3 is 2.81 bits per heavy atom. The van der Waals surface area contributed by atoms with Crippen molar-refractivity contribution >= 4 is 28.2 Å². The Morgan fingerprint density at radius 1 is 1.29 bits per heavy atom. The molecule has 3 aromatic rings. The van der Waals surface area contributed by atoms with Crippen LogP contribution in [0.1, 0.15) is 52.6 Å². The van der Waals surface area contributed by atoms with Crippen LogP contribution in [0, 0.1) is 19.7 Å². The van der Waals surface area contributed by atoms with Crippen LogP contribution in [0.4, 0.5) is 10.1 Å². The van der Waals surface area contributed by atoms with Crippen molar-refractivity contribution in [3.63, 3.8) is 0 Å². The number of hydrogen-bond acceptors (Lipinski definition) is 4. The van der Waals surface area contributed by atoms with Crippen molar-refractivity contribution in [3.8, 4) is 0 Å². The van der Waals surface area contributed by atoms with E-state index in [0.29, 0.717) is 23.4 Å². The lowest BCUT2D eigenvalue weighted by Crippen LogP contribution is -2.39. The highest BCUT2D eigenvalue weighted by Gasteiger charge is 2.31. The van der Waals surface area contributed by atoms with Gasteiger partial charge >= 0.3 is 0 Å². The Hall–Kier alpha value is -3.01. The molecule has 1 unspecified atom stereocenters. The predicted octanol–water partition coefficient (Wildman–Crippen LogP) is 2.85. The zero-order valence-corrected chi connectivity index (χ0v) is 18.4. The number of piperidine rings is 1. The van der Waals surface area contributed by atoms with E-state index in [1.807, 2.05) is 0 Å². The molecule has 0 spiro atoms. The molecule has 1 amide bonds. The lowest BCUT2D eigenvalue weighted by atomic mass is 9.98. The number of aryl methyl sites for hydroxylation is 1. The van der Waals surface area contributed by atoms with Crippen molar-refractivity contribution in [1.29, 1.82) is 0 Å². The van der Waals surface area contributed by atoms with E-state index in [9.17, 15) is 18.2 Å². The largest absolute Gasteiger partial charge is 0.330 e. The predicted molar refractivity (Wildman–Crippen MR) is 117 cm³/mol. The first-order valence-corrected chi connectivity index (χ1v) is 11.6. The van der Waals surface area contributed by atoms with Crippen molar-refractivity contribution in [2.24, 2.45) is 0 Å². The first-order chi connectivity index (χ1) is 14.8. The highest BCUT2D eigenvalue weighted by Crippen LogP contribution is 2.33. The van der Waals surface area contributed by atoms with Crippen LogP contribution >= 0.6 is 0 Å². The summed E-state index contributed by atoms with van der Waals surface area (Å²) in [6.45, 7) is 4.04. The molecule has 8 nitrogen and oxygen atoms in total. The van der Waals surface area contributed by atoms with E-state index < -0.39 is 16.8 Å². The van der Waals surface area contributed by atoms with Gasteiger partial charge in [-0.25, -0.2) is 18.1 Å². The Morgan fingerprint density at radius 2 is 2.06 bits per heavy atom. The molecule has 1 aromatic carbocycles. The Balaban J connectivity index is 1.74. The third kappa shape index (κ3) is 3.99. The molecule has 0 aliphatic carbocycles. The number of aromatic amines is 1. The van der Waals surface area contributed by atoms with Crippen LogP contribution in [0.5, 0.6) is 0 Å². The van der Waals surface area contributed by atoms with Crippen LogP contribution in [-0.2, 0) is 11.0 Å². The summed E-state index contributed by atoms with van der Waals surface area (Å²) >= 11 is 0. The maximum atomic E-state index is 13.8. The number of nitrogens with zero attached hydrogens (tertiary/aromatic N) is 3. The van der Waals surface area contributed by atoms with Crippen molar-refractivity contribution in [1.82, 2.24) is 19.5 Å². The lowest BCUT2D eigenvalue weighted by molar-refractivity contribution is 0.0606. The first-order valence-electron chi connectivity index (χ1n) is 10.1. The number of carbonyl (C=O) groups excluding carboxylic acids is 1. The minimum atomic E-state index is -1.46. The quantitative estimate of drug-likeness (QED) is 0.645. The third-order valence-corrected chi connectivity index (χ3v) is 6.20. The molecule has 1 fully saturated rings. The van der Waals surface area contributed by atoms with Gasteiger partial charge in [0.05, 0.1) is 23.0 Å². The number of likely N-dealkylation sites (tertiary alicyclic amines) is 1. The summed E-state index contributed by atoms with van der Waals surface area (Å²) in [5.41, 5.74) is 2.74. The monoisotopic (exact) mass is 445 g/mol. The topological polar surface area (TPSA) is 99.6 Å². The van der Waals surface area contributed by atoms with Gasteiger partial charge in [-0.3, -0.25) is 14.7 Å². The van der Waals surface area contributed by atoms with Gasteiger partial charge in [-0.15, -0.1) is 0 Å². The number of nitrogens with one attached hydrogen (secondary N) is 2. The van der Waals surface area contributed by atoms with Crippen LogP contribution in [0.3, 0.4) is 0 Å². The number of rotatable bonds is 4. The van der Waals surface area contributed by atoms with Gasteiger partial charge in [0, 0.05) is 30.1 Å². The van der Waals surface area contributed by atoms with Crippen molar-refractivity contribution in [2.75, 3.05) is 17.5 Å². The fourth-order valence-corrected chi connectivity index (χ4v) is 4.48. The fraction of sp³-hybridized carbons (Fsp3) is 0.381. The van der Waals surface area contributed by atoms with Gasteiger partial charge in [0.15, 0.2) is 5.65 Å². The summed E-state index contributed by atoms with van der Waals surface area (Å²) in [7, 11) is -1.46. The molecule has 4 rings (SSSR count). The number of benzene rings is 1. The average molecular weight is 446 g/mol. The number of hydrogen-bond donors (Lipinski definition) is 2. The molecular formula is C21H24FN5O3S. The Labute approximate surface area is 181 Å². The second-order valence-corrected chi connectivity index (χ2v) is 8.90. The van der Waals surface area contributed by atoms with Crippen molar-refractivity contribution in [2.45, 2.75) is 39.2 Å². The van der Waals surface area contributed by atoms with E-state index in [1.165, 1.54) is 29.0 Å². The molecule has 3 heterocycles. The van der Waals surface area contributed by atoms with E-state index in [-0.39, 0.29) is 28.8 Å². The minimum Gasteiger partial charge on any atom is -0.330 e. The van der Waals surface area contributed by atoms with Crippen LogP contribution in [0.15, 0.2) is 29.1 Å². The van der Waals surface area contributed by atoms with Crippen LogP contribution in [0.25, 0.3) is 5.65 Å². The zero-order valence-electron chi connectivity index (χ0n) is 17.6. The van der Waals surface area contributed by atoms with Gasteiger partial charge in [-0.1, -0.05) is 0 Å². The van der Waals surface area contributed by atoms with Crippen LogP contribution < -0.4 is 10.3 Å². The van der Waals surface area contributed by atoms with E-state index in [0.717, 1.165) is 25.0 Å². The normalized spacial score (nSPS) is 17.7. The third-order valence-electron chi connectivity index (χ3n) is 5.69. The highest BCUT2D eigenvalue weighted by molar-refractivity contribution is 7.85. The van der Waals surface area contributed by atoms with Crippen LogP contribution in [-0.4, -0.2) is 42.4 Å². The number of anilines is 1. The van der Waals surface area contributed by atoms with Crippen LogP contribution in [0.2, 0.25) is 0 Å². The molecule has 10 heteroatoms. The molecule has 1 aliphatic rings. The lowest BCUT2D eigenvalue weighted by Gasteiger charge is -2.35. The Kier molecular flexibility index (Phi) is 5.65. The molecule has 31 heavy (non-hydrogen) atoms. The number of fused-ring (bicyclic) bond motifs is 1. The molecule has 2 N–H and O–H groups in total. The number of carbonyl (C=O) groups is 1. The highest BCUT2D eigenvalue weighted by atomic mass is 32.2. The number of halogens is 1. The number of aromatic nitrogens is 3. The SMILES string of the molecule is Cc1nc2cc([C@@H]3CCCCN3C(=O)c3ccc(F)cc3NS(C)=O)[nH]n2c(=O)c1C. The smallest absolute Gasteiger partial charge is 0.275 e. The molecule has 2 aromatic heterocycles. The number of H-pyrrole nitrogens is 1. The zero-order chi connectivity index (χ0) is 22.3. The summed E-state index contributed by atoms with van der Waals surface area (Å²) in [6, 6.07) is 5.31. The Bertz CT molecular complexity index is 1250. The second kappa shape index (κ2) is 8.26. The average Bonchev–Trinajstić information content (AvgIpc) is 3.15. The summed E-state index contributed by atoms with van der Waals surface area (Å²) in [5.74, 6) is -0.810. The van der Waals surface area contributed by atoms with Gasteiger partial charge in [-0.05, 0) is 51.3 Å². The van der Waals surface area contributed by atoms with E-state index in [1.54, 1.807) is 24.8 Å². The molecule has 1 aliphatic heterocycles. The van der Waals surface area contributed by atoms with E-state index >= 15 is 0 Å². The molecule has 0 saturated carbocycles. The molecule has 2 atom stereocenters. The van der Waals surface area contributed by atoms with Crippen molar-refractivity contribution < 1.29 is 13.4 Å². The minimum absolute atomic E-state index is 0.169. The standard InChI is InChI=1S/C21H24FN5O3S/c1-12-13(2)23-19-11-17(24-27(19)20(12)28)18-6-4-5-9-26(18)21(29)15-8-7-14(22)10-16(15)25-31(3)30/h7-8,10-11,18,24-25H,4-6,9H2,1-3H3/t18-,31?/m0/s1. The summed E-state index contributed by atoms with van der Waals surface area (Å²) in [4.78, 5) is 32.3. The maximum absolute atomic E-state index is 13.8. The van der Waals surface area contributed by atoms with Gasteiger partial charge < -0.3 is 9.62 Å². The maximum Gasteiger partial charge on any atom is 0.275 e. The molecule has 0 bridgehead atoms. The molecular weight excluding hydrogens is 421 g/mol. The van der Waals surface area contributed by atoms with E-state index in [2.05, 4.69) is 14.8 Å². The second-order valence-electron chi connectivity index (χ2n) is 7.79. The van der Waals surface area contributed by atoms with Gasteiger partial charge in [0.2, 0.25) is 0 Å². The molecule has 0 radical (unpaired) electrons. The van der Waals surface area contributed by atoms with Gasteiger partial charge in [-0.2, -0.15) is 0 Å². The summed E-state index contributed by atoms with van der Waals surface area (Å²) in [6.07, 6.45) is 3.90. The molecule has 1 saturated heterocycles. The van der Waals surface area contributed by atoms with E-state index in [4.69, 9.17) is 0 Å².